The number of likely N-dealkylation sites (tertiary alicyclic amines) is 1. The number of carbonyl (C=O) groups excluding carboxylic acids is 1. The number of hydrogen-bond acceptors (Lipinski definition) is 4. The number of amides is 1. The Bertz CT molecular complexity index is 855. The molecule has 1 aromatic heterocycles. The zero-order valence-corrected chi connectivity index (χ0v) is 13.7. The van der Waals surface area contributed by atoms with Crippen LogP contribution in [0.3, 0.4) is 0 Å². The molecular weight excluding hydrogens is 308 g/mol. The number of rotatable bonds is 5. The lowest BCUT2D eigenvalue weighted by atomic mass is 10.2. The van der Waals surface area contributed by atoms with Gasteiger partial charge in [0.2, 0.25) is 5.91 Å². The van der Waals surface area contributed by atoms with Crippen molar-refractivity contribution < 1.29 is 4.79 Å². The van der Waals surface area contributed by atoms with Crippen LogP contribution in [0.4, 0.5) is 0 Å². The van der Waals surface area contributed by atoms with E-state index in [9.17, 15) is 14.4 Å². The van der Waals surface area contributed by atoms with Crippen molar-refractivity contribution in [2.24, 2.45) is 0 Å². The molecule has 0 radical (unpaired) electrons. The third kappa shape index (κ3) is 3.26. The second-order valence-electron chi connectivity index (χ2n) is 6.11. The molecule has 1 aliphatic rings. The average Bonchev–Trinajstić information content (AvgIpc) is 3.05. The summed E-state index contributed by atoms with van der Waals surface area (Å²) in [6, 6.07) is 6.95. The van der Waals surface area contributed by atoms with Crippen molar-refractivity contribution in [3.63, 3.8) is 0 Å². The molecular formula is C17H22N4O3. The van der Waals surface area contributed by atoms with Gasteiger partial charge in [-0.2, -0.15) is 0 Å². The molecule has 2 heterocycles. The molecule has 7 nitrogen and oxygen atoms in total. The normalized spacial score (nSPS) is 18.1. The minimum atomic E-state index is -0.369. The van der Waals surface area contributed by atoms with Crippen molar-refractivity contribution in [2.45, 2.75) is 32.4 Å². The summed E-state index contributed by atoms with van der Waals surface area (Å²) < 4.78 is 1.08. The lowest BCUT2D eigenvalue weighted by Gasteiger charge is -2.22. The lowest BCUT2D eigenvalue weighted by molar-refractivity contribution is -0.122. The second kappa shape index (κ2) is 7.00. The summed E-state index contributed by atoms with van der Waals surface area (Å²) in [5.41, 5.74) is -0.734. The van der Waals surface area contributed by atoms with Crippen molar-refractivity contribution in [2.75, 3.05) is 19.6 Å². The number of aromatic nitrogens is 2. The minimum Gasteiger partial charge on any atom is -0.353 e. The Labute approximate surface area is 139 Å². The highest BCUT2D eigenvalue weighted by Gasteiger charge is 2.23. The van der Waals surface area contributed by atoms with E-state index in [2.05, 4.69) is 22.2 Å². The zero-order chi connectivity index (χ0) is 17.1. The van der Waals surface area contributed by atoms with Gasteiger partial charge in [0.15, 0.2) is 0 Å². The topological polar surface area (TPSA) is 87.2 Å². The summed E-state index contributed by atoms with van der Waals surface area (Å²) in [6.45, 7) is 4.53. The van der Waals surface area contributed by atoms with Gasteiger partial charge in [-0.25, -0.2) is 4.68 Å². The second-order valence-corrected chi connectivity index (χ2v) is 6.11. The number of hydrogen-bond donors (Lipinski definition) is 2. The van der Waals surface area contributed by atoms with Gasteiger partial charge in [0, 0.05) is 12.6 Å². The molecule has 0 aliphatic carbocycles. The molecule has 0 spiro atoms. The van der Waals surface area contributed by atoms with E-state index in [-0.39, 0.29) is 23.6 Å². The Kier molecular flexibility index (Phi) is 4.80. The fraction of sp³-hybridized carbons (Fsp3) is 0.471. The van der Waals surface area contributed by atoms with Gasteiger partial charge >= 0.3 is 0 Å². The smallest absolute Gasteiger partial charge is 0.273 e. The lowest BCUT2D eigenvalue weighted by Crippen LogP contribution is -2.42. The van der Waals surface area contributed by atoms with Gasteiger partial charge in [0.05, 0.1) is 10.8 Å². The number of H-pyrrole nitrogens is 1. The van der Waals surface area contributed by atoms with Crippen LogP contribution in [0.25, 0.3) is 10.8 Å². The maximum atomic E-state index is 12.4. The van der Waals surface area contributed by atoms with E-state index in [0.717, 1.165) is 30.6 Å². The average molecular weight is 330 g/mol. The van der Waals surface area contributed by atoms with Crippen LogP contribution in [0.5, 0.6) is 0 Å². The van der Waals surface area contributed by atoms with E-state index in [1.54, 1.807) is 24.3 Å². The monoisotopic (exact) mass is 330 g/mol. The molecule has 2 aromatic rings. The zero-order valence-electron chi connectivity index (χ0n) is 13.7. The number of carbonyl (C=O) groups is 1. The van der Waals surface area contributed by atoms with Crippen LogP contribution >= 0.6 is 0 Å². The first kappa shape index (κ1) is 16.4. The van der Waals surface area contributed by atoms with Gasteiger partial charge in [-0.1, -0.05) is 19.1 Å². The third-order valence-electron chi connectivity index (χ3n) is 4.63. The van der Waals surface area contributed by atoms with Gasteiger partial charge in [-0.05, 0) is 38.1 Å². The minimum absolute atomic E-state index is 0.183. The van der Waals surface area contributed by atoms with E-state index < -0.39 is 0 Å². The van der Waals surface area contributed by atoms with E-state index in [0.29, 0.717) is 23.4 Å². The molecule has 24 heavy (non-hydrogen) atoms. The van der Waals surface area contributed by atoms with Crippen LogP contribution in [-0.4, -0.2) is 46.3 Å². The van der Waals surface area contributed by atoms with Gasteiger partial charge in [0.1, 0.15) is 6.54 Å². The summed E-state index contributed by atoms with van der Waals surface area (Å²) >= 11 is 0. The third-order valence-corrected chi connectivity index (χ3v) is 4.63. The Morgan fingerprint density at radius 1 is 1.29 bits per heavy atom. The quantitative estimate of drug-likeness (QED) is 0.825. The molecule has 1 amide bonds. The summed E-state index contributed by atoms with van der Waals surface area (Å²) in [5.74, 6) is -0.272. The number of benzene rings is 1. The molecule has 1 aromatic carbocycles. The van der Waals surface area contributed by atoms with Gasteiger partial charge < -0.3 is 5.32 Å². The highest BCUT2D eigenvalue weighted by Crippen LogP contribution is 2.15. The van der Waals surface area contributed by atoms with E-state index in [1.165, 1.54) is 0 Å². The highest BCUT2D eigenvalue weighted by molar-refractivity contribution is 5.81. The molecule has 1 saturated heterocycles. The van der Waals surface area contributed by atoms with E-state index >= 15 is 0 Å². The Morgan fingerprint density at radius 3 is 2.79 bits per heavy atom. The predicted molar refractivity (Wildman–Crippen MR) is 92.1 cm³/mol. The van der Waals surface area contributed by atoms with Crippen molar-refractivity contribution >= 4 is 16.7 Å². The van der Waals surface area contributed by atoms with Crippen molar-refractivity contribution in [3.05, 3.63) is 45.0 Å². The van der Waals surface area contributed by atoms with Crippen LogP contribution < -0.4 is 16.4 Å². The molecule has 1 atom stereocenters. The van der Waals surface area contributed by atoms with Gasteiger partial charge in [0.25, 0.3) is 11.1 Å². The first-order valence-corrected chi connectivity index (χ1v) is 8.32. The maximum absolute atomic E-state index is 12.4. The van der Waals surface area contributed by atoms with E-state index in [4.69, 9.17) is 0 Å². The summed E-state index contributed by atoms with van der Waals surface area (Å²) in [5, 5.41) is 6.00. The van der Waals surface area contributed by atoms with Crippen molar-refractivity contribution in [1.82, 2.24) is 20.0 Å². The summed E-state index contributed by atoms with van der Waals surface area (Å²) in [6.07, 6.45) is 2.21. The maximum Gasteiger partial charge on any atom is 0.273 e. The number of nitrogens with zero attached hydrogens (tertiary/aromatic N) is 2. The van der Waals surface area contributed by atoms with Gasteiger partial charge in [-0.3, -0.25) is 24.4 Å². The summed E-state index contributed by atoms with van der Waals surface area (Å²) in [7, 11) is 0. The number of likely N-dealkylation sites (N-methyl/N-ethyl adjacent to an activating group) is 1. The molecule has 3 rings (SSSR count). The Hall–Kier alpha value is -2.41. The van der Waals surface area contributed by atoms with Crippen LogP contribution in [0, 0.1) is 0 Å². The first-order chi connectivity index (χ1) is 11.6. The standard InChI is InChI=1S/C17H22N4O3/c1-2-20-9-5-6-12(20)10-18-15(22)11-21-17(24)14-8-4-3-7-13(14)16(23)19-21/h3-4,7-8,12H,2,5-6,9-11H2,1H3,(H,18,22)(H,19,23). The SMILES string of the molecule is CCN1CCCC1CNC(=O)Cn1[nH]c(=O)c2ccccc2c1=O. The Morgan fingerprint density at radius 2 is 2.04 bits per heavy atom. The molecule has 128 valence electrons. The first-order valence-electron chi connectivity index (χ1n) is 8.32. The fourth-order valence-corrected chi connectivity index (χ4v) is 3.33. The largest absolute Gasteiger partial charge is 0.353 e. The number of nitrogens with one attached hydrogen (secondary N) is 2. The van der Waals surface area contributed by atoms with Crippen molar-refractivity contribution in [1.29, 1.82) is 0 Å². The molecule has 1 aliphatic heterocycles. The molecule has 2 N–H and O–H groups in total. The van der Waals surface area contributed by atoms with Gasteiger partial charge in [-0.15, -0.1) is 0 Å². The van der Waals surface area contributed by atoms with Crippen LogP contribution in [0.1, 0.15) is 19.8 Å². The van der Waals surface area contributed by atoms with Crippen LogP contribution in [0.15, 0.2) is 33.9 Å². The summed E-state index contributed by atoms with van der Waals surface area (Å²) in [4.78, 5) is 38.9. The van der Waals surface area contributed by atoms with Crippen LogP contribution in [0.2, 0.25) is 0 Å². The Balaban J connectivity index is 1.71. The number of aromatic amines is 1. The van der Waals surface area contributed by atoms with E-state index in [1.807, 2.05) is 0 Å². The van der Waals surface area contributed by atoms with Crippen LogP contribution in [-0.2, 0) is 11.3 Å². The fourth-order valence-electron chi connectivity index (χ4n) is 3.33. The molecule has 7 heteroatoms. The molecule has 1 fully saturated rings. The molecule has 0 bridgehead atoms. The molecule has 0 saturated carbocycles. The van der Waals surface area contributed by atoms with Crippen molar-refractivity contribution in [3.8, 4) is 0 Å². The number of fused-ring (bicyclic) bond motifs is 1. The predicted octanol–water partition coefficient (Wildman–Crippen LogP) is 0.290. The highest BCUT2D eigenvalue weighted by atomic mass is 16.2. The molecule has 1 unspecified atom stereocenters.